The first kappa shape index (κ1) is 10.7. The molecule has 2 N–H and O–H groups in total. The third-order valence-electron chi connectivity index (χ3n) is 2.49. The predicted molar refractivity (Wildman–Crippen MR) is 64.5 cm³/mol. The molecule has 84 valence electrons. The number of anilines is 1. The van der Waals surface area contributed by atoms with Crippen LogP contribution in [-0.2, 0) is 6.42 Å². The van der Waals surface area contributed by atoms with E-state index in [4.69, 9.17) is 5.73 Å². The fourth-order valence-electron chi connectivity index (χ4n) is 1.68. The molecule has 4 heteroatoms. The summed E-state index contributed by atoms with van der Waals surface area (Å²) in [5.41, 5.74) is 8.00. The van der Waals surface area contributed by atoms with Gasteiger partial charge in [-0.15, -0.1) is 5.10 Å². The van der Waals surface area contributed by atoms with Crippen molar-refractivity contribution in [1.82, 2.24) is 14.8 Å². The summed E-state index contributed by atoms with van der Waals surface area (Å²) in [5, 5.41) is 4.41. The van der Waals surface area contributed by atoms with Gasteiger partial charge in [0.15, 0.2) is 5.82 Å². The Morgan fingerprint density at radius 1 is 1.31 bits per heavy atom. The topological polar surface area (TPSA) is 56.7 Å². The number of hydrogen-bond donors (Lipinski definition) is 1. The van der Waals surface area contributed by atoms with Gasteiger partial charge in [0.1, 0.15) is 0 Å². The second-order valence-electron chi connectivity index (χ2n) is 3.83. The Morgan fingerprint density at radius 3 is 2.75 bits per heavy atom. The van der Waals surface area contributed by atoms with Crippen molar-refractivity contribution in [3.05, 3.63) is 35.7 Å². The fourth-order valence-corrected chi connectivity index (χ4v) is 1.68. The van der Waals surface area contributed by atoms with Gasteiger partial charge in [-0.25, -0.2) is 0 Å². The van der Waals surface area contributed by atoms with Crippen LogP contribution in [-0.4, -0.2) is 14.8 Å². The van der Waals surface area contributed by atoms with Crippen LogP contribution >= 0.6 is 0 Å². The van der Waals surface area contributed by atoms with E-state index in [2.05, 4.69) is 17.0 Å². The number of aryl methyl sites for hydroxylation is 2. The molecule has 0 spiro atoms. The van der Waals surface area contributed by atoms with E-state index in [1.165, 1.54) is 0 Å². The maximum Gasteiger partial charge on any atom is 0.223 e. The number of nitrogens with zero attached hydrogens (tertiary/aromatic N) is 3. The Balaban J connectivity index is 2.44. The van der Waals surface area contributed by atoms with Crippen molar-refractivity contribution in [3.63, 3.8) is 0 Å². The molecular formula is C12H16N4. The lowest BCUT2D eigenvalue weighted by Gasteiger charge is -2.05. The maximum atomic E-state index is 5.86. The van der Waals surface area contributed by atoms with Crippen LogP contribution in [0.15, 0.2) is 24.3 Å². The van der Waals surface area contributed by atoms with E-state index in [0.717, 1.165) is 29.9 Å². The highest BCUT2D eigenvalue weighted by Crippen LogP contribution is 2.15. The van der Waals surface area contributed by atoms with Gasteiger partial charge >= 0.3 is 0 Å². The molecule has 0 aliphatic rings. The number of rotatable bonds is 3. The fraction of sp³-hybridized carbons (Fsp3) is 0.333. The minimum absolute atomic E-state index is 0.456. The van der Waals surface area contributed by atoms with Crippen molar-refractivity contribution >= 4 is 5.95 Å². The molecule has 0 unspecified atom stereocenters. The van der Waals surface area contributed by atoms with Crippen LogP contribution < -0.4 is 5.73 Å². The molecule has 2 rings (SSSR count). The van der Waals surface area contributed by atoms with E-state index in [1.807, 2.05) is 31.2 Å². The standard InChI is InChI=1S/C12H16N4/c1-3-6-11-14-12(13)16(15-11)10-8-5-4-7-9(10)2/h4-5,7-8H,3,6H2,1-2H3,(H2,13,14,15). The molecule has 0 radical (unpaired) electrons. The number of nitrogen functional groups attached to an aromatic ring is 1. The molecule has 1 aromatic carbocycles. The largest absolute Gasteiger partial charge is 0.368 e. The Hall–Kier alpha value is -1.84. The maximum absolute atomic E-state index is 5.86. The Morgan fingerprint density at radius 2 is 2.06 bits per heavy atom. The van der Waals surface area contributed by atoms with E-state index in [9.17, 15) is 0 Å². The third kappa shape index (κ3) is 1.91. The van der Waals surface area contributed by atoms with Crippen molar-refractivity contribution in [2.24, 2.45) is 0 Å². The molecule has 16 heavy (non-hydrogen) atoms. The lowest BCUT2D eigenvalue weighted by Crippen LogP contribution is -2.04. The summed E-state index contributed by atoms with van der Waals surface area (Å²) in [7, 11) is 0. The van der Waals surface area contributed by atoms with Crippen LogP contribution in [0.3, 0.4) is 0 Å². The number of benzene rings is 1. The summed E-state index contributed by atoms with van der Waals surface area (Å²) >= 11 is 0. The SMILES string of the molecule is CCCc1nc(N)n(-c2ccccc2C)n1. The zero-order valence-electron chi connectivity index (χ0n) is 9.64. The first-order valence-electron chi connectivity index (χ1n) is 5.49. The van der Waals surface area contributed by atoms with E-state index >= 15 is 0 Å². The van der Waals surface area contributed by atoms with Gasteiger partial charge in [0.2, 0.25) is 5.95 Å². The smallest absolute Gasteiger partial charge is 0.223 e. The van der Waals surface area contributed by atoms with Crippen molar-refractivity contribution in [3.8, 4) is 5.69 Å². The lowest BCUT2D eigenvalue weighted by atomic mass is 10.2. The molecule has 0 saturated heterocycles. The summed E-state index contributed by atoms with van der Waals surface area (Å²) in [6.45, 7) is 4.14. The second-order valence-corrected chi connectivity index (χ2v) is 3.83. The number of hydrogen-bond acceptors (Lipinski definition) is 3. The Labute approximate surface area is 95.1 Å². The minimum Gasteiger partial charge on any atom is -0.368 e. The van der Waals surface area contributed by atoms with Gasteiger partial charge in [0.05, 0.1) is 5.69 Å². The number of aromatic nitrogens is 3. The molecule has 2 aromatic rings. The predicted octanol–water partition coefficient (Wildman–Crippen LogP) is 2.11. The van der Waals surface area contributed by atoms with E-state index in [0.29, 0.717) is 5.95 Å². The van der Waals surface area contributed by atoms with Crippen LogP contribution in [0.25, 0.3) is 5.69 Å². The molecule has 0 aliphatic heterocycles. The molecular weight excluding hydrogens is 200 g/mol. The quantitative estimate of drug-likeness (QED) is 0.854. The molecule has 0 saturated carbocycles. The minimum atomic E-state index is 0.456. The lowest BCUT2D eigenvalue weighted by molar-refractivity contribution is 0.799. The van der Waals surface area contributed by atoms with E-state index < -0.39 is 0 Å². The van der Waals surface area contributed by atoms with Crippen LogP contribution in [0.4, 0.5) is 5.95 Å². The summed E-state index contributed by atoms with van der Waals surface area (Å²) in [6.07, 6.45) is 1.89. The molecule has 0 aliphatic carbocycles. The summed E-state index contributed by atoms with van der Waals surface area (Å²) < 4.78 is 1.71. The average Bonchev–Trinajstić information content (AvgIpc) is 2.61. The average molecular weight is 216 g/mol. The second kappa shape index (κ2) is 4.35. The van der Waals surface area contributed by atoms with Gasteiger partial charge in [0, 0.05) is 6.42 Å². The van der Waals surface area contributed by atoms with Gasteiger partial charge in [-0.2, -0.15) is 9.67 Å². The molecule has 1 heterocycles. The summed E-state index contributed by atoms with van der Waals surface area (Å²) in [5.74, 6) is 1.26. The van der Waals surface area contributed by atoms with E-state index in [-0.39, 0.29) is 0 Å². The van der Waals surface area contributed by atoms with Gasteiger partial charge in [-0.05, 0) is 25.0 Å². The van der Waals surface area contributed by atoms with Crippen LogP contribution in [0, 0.1) is 6.92 Å². The van der Waals surface area contributed by atoms with Crippen LogP contribution in [0.1, 0.15) is 24.7 Å². The van der Waals surface area contributed by atoms with Crippen LogP contribution in [0.5, 0.6) is 0 Å². The highest BCUT2D eigenvalue weighted by molar-refractivity contribution is 5.43. The Kier molecular flexibility index (Phi) is 2.90. The third-order valence-corrected chi connectivity index (χ3v) is 2.49. The van der Waals surface area contributed by atoms with Crippen molar-refractivity contribution in [2.45, 2.75) is 26.7 Å². The van der Waals surface area contributed by atoms with Gasteiger partial charge < -0.3 is 5.73 Å². The van der Waals surface area contributed by atoms with E-state index in [1.54, 1.807) is 4.68 Å². The number of para-hydroxylation sites is 1. The molecule has 1 aromatic heterocycles. The molecule has 0 bridgehead atoms. The zero-order valence-corrected chi connectivity index (χ0v) is 9.64. The highest BCUT2D eigenvalue weighted by Gasteiger charge is 2.09. The summed E-state index contributed by atoms with van der Waals surface area (Å²) in [6, 6.07) is 8.01. The zero-order chi connectivity index (χ0) is 11.5. The molecule has 0 fully saturated rings. The van der Waals surface area contributed by atoms with Gasteiger partial charge in [-0.1, -0.05) is 25.1 Å². The Bertz CT molecular complexity index is 488. The first-order valence-corrected chi connectivity index (χ1v) is 5.49. The normalized spacial score (nSPS) is 10.6. The van der Waals surface area contributed by atoms with Gasteiger partial charge in [0.25, 0.3) is 0 Å². The molecule has 0 atom stereocenters. The van der Waals surface area contributed by atoms with Crippen molar-refractivity contribution in [2.75, 3.05) is 5.73 Å². The van der Waals surface area contributed by atoms with Gasteiger partial charge in [-0.3, -0.25) is 0 Å². The molecule has 0 amide bonds. The van der Waals surface area contributed by atoms with Crippen LogP contribution in [0.2, 0.25) is 0 Å². The monoisotopic (exact) mass is 216 g/mol. The first-order chi connectivity index (χ1) is 7.72. The van der Waals surface area contributed by atoms with Crippen molar-refractivity contribution in [1.29, 1.82) is 0 Å². The molecule has 4 nitrogen and oxygen atoms in total. The number of nitrogens with two attached hydrogens (primary N) is 1. The highest BCUT2D eigenvalue weighted by atomic mass is 15.4. The summed E-state index contributed by atoms with van der Waals surface area (Å²) in [4.78, 5) is 4.25. The van der Waals surface area contributed by atoms with Crippen molar-refractivity contribution < 1.29 is 0 Å².